The molecule has 1 aromatic carbocycles. The minimum Gasteiger partial charge on any atom is -0.495 e. The minimum atomic E-state index is -4.94. The number of amides is 3. The molecule has 3 aliphatic heterocycles. The number of ketones is 2. The van der Waals surface area contributed by atoms with Crippen LogP contribution in [0.1, 0.15) is 92.1 Å². The highest BCUT2D eigenvalue weighted by Gasteiger charge is 2.64. The van der Waals surface area contributed by atoms with Crippen molar-refractivity contribution in [2.75, 3.05) is 39.0 Å². The SMILES string of the molecule is COc1cc2cc(c1Cl)N(C)C(=O)CC(OC(=O)C(C)N(C)C(=O)CCC(C)(C)SSCCC(C(=O)OC1C(=O)CCC1=O)S(=O)(=O)O)C1(C)OC1C(C)C1CC(O)(NC(=O)O1)C(OC)/C=C/C=C(\C)C2. The molecule has 2 saturated heterocycles. The Morgan fingerprint density at radius 1 is 1.10 bits per heavy atom. The van der Waals surface area contributed by atoms with Crippen LogP contribution in [0.25, 0.3) is 0 Å². The van der Waals surface area contributed by atoms with Crippen molar-refractivity contribution in [3.63, 3.8) is 0 Å². The predicted octanol–water partition coefficient (Wildman–Crippen LogP) is 4.95. The van der Waals surface area contributed by atoms with Gasteiger partial charge in [-0.25, -0.2) is 9.59 Å². The van der Waals surface area contributed by atoms with Crippen LogP contribution in [0, 0.1) is 5.92 Å². The summed E-state index contributed by atoms with van der Waals surface area (Å²) in [6.07, 6.45) is -1.88. The molecule has 3 heterocycles. The highest BCUT2D eigenvalue weighted by molar-refractivity contribution is 8.77. The molecule has 1 aromatic rings. The van der Waals surface area contributed by atoms with Crippen molar-refractivity contribution in [3.05, 3.63) is 46.5 Å². The summed E-state index contributed by atoms with van der Waals surface area (Å²) in [4.78, 5) is 94.1. The minimum absolute atomic E-state index is 0.0285. The Kier molecular flexibility index (Phi) is 18.9. The molecule has 5 rings (SSSR count). The summed E-state index contributed by atoms with van der Waals surface area (Å²) in [5.74, 6) is -4.73. The number of carbonyl (C=O) groups is 7. The van der Waals surface area contributed by atoms with Gasteiger partial charge in [-0.3, -0.25) is 33.8 Å². The number of halogens is 1. The number of esters is 2. The molecule has 1 aliphatic carbocycles. The molecule has 0 spiro atoms. The number of hydrogen-bond acceptors (Lipinski definition) is 18. The van der Waals surface area contributed by atoms with Gasteiger partial charge in [0.2, 0.25) is 17.9 Å². The van der Waals surface area contributed by atoms with Crippen LogP contribution in [-0.2, 0) is 69.0 Å². The number of nitrogens with zero attached hydrogens (tertiary/aromatic N) is 2. The summed E-state index contributed by atoms with van der Waals surface area (Å²) in [6.45, 7) is 10.4. The van der Waals surface area contributed by atoms with E-state index in [1.165, 1.54) is 66.6 Å². The summed E-state index contributed by atoms with van der Waals surface area (Å²) in [5.41, 5.74) is -1.26. The molecule has 9 unspecified atom stereocenters. The number of anilines is 1. The molecular formula is C47H64ClN3O17S3. The van der Waals surface area contributed by atoms with Gasteiger partial charge >= 0.3 is 18.0 Å². The maximum atomic E-state index is 14.3. The van der Waals surface area contributed by atoms with Gasteiger partial charge in [0.05, 0.1) is 25.3 Å². The van der Waals surface area contributed by atoms with E-state index >= 15 is 0 Å². The molecule has 1 saturated carbocycles. The van der Waals surface area contributed by atoms with Crippen molar-refractivity contribution in [1.82, 2.24) is 10.2 Å². The fraction of sp³-hybridized carbons (Fsp3) is 0.638. The zero-order valence-corrected chi connectivity index (χ0v) is 44.6. The molecular weight excluding hydrogens is 1010 g/mol. The van der Waals surface area contributed by atoms with Gasteiger partial charge in [0, 0.05) is 63.3 Å². The average molecular weight is 1070 g/mol. The number of aliphatic hydroxyl groups is 1. The number of hydrogen-bond donors (Lipinski definition) is 3. The molecule has 71 heavy (non-hydrogen) atoms. The number of fused-ring (bicyclic) bond motifs is 5. The number of benzene rings is 1. The first-order valence-corrected chi connectivity index (χ1v) is 27.1. The molecule has 0 radical (unpaired) electrons. The second-order valence-electron chi connectivity index (χ2n) is 19.1. The van der Waals surface area contributed by atoms with E-state index in [4.69, 9.17) is 40.0 Å². The maximum absolute atomic E-state index is 14.3. The van der Waals surface area contributed by atoms with Gasteiger partial charge in [-0.2, -0.15) is 8.42 Å². The topological polar surface area (TPSA) is 271 Å². The number of ether oxygens (including phenoxy) is 6. The van der Waals surface area contributed by atoms with E-state index in [0.717, 1.165) is 11.1 Å². The molecule has 3 N–H and O–H groups in total. The highest BCUT2D eigenvalue weighted by atomic mass is 35.5. The van der Waals surface area contributed by atoms with Crippen LogP contribution in [0.15, 0.2) is 35.9 Å². The Balaban J connectivity index is 1.29. The van der Waals surface area contributed by atoms with Gasteiger partial charge in [0.15, 0.2) is 22.5 Å². The number of allylic oxidation sites excluding steroid dienone is 3. The smallest absolute Gasteiger partial charge is 0.409 e. The molecule has 4 aliphatic rings. The van der Waals surface area contributed by atoms with Crippen molar-refractivity contribution >= 4 is 90.4 Å². The van der Waals surface area contributed by atoms with E-state index in [0.29, 0.717) is 17.9 Å². The number of alkyl carbamates (subject to hydrolysis) is 1. The normalized spacial score (nSPS) is 28.6. The number of carbonyl (C=O) groups excluding carboxylic acids is 7. The average Bonchev–Trinajstić information content (AvgIpc) is 3.90. The summed E-state index contributed by atoms with van der Waals surface area (Å²) in [6, 6.07) is 2.35. The van der Waals surface area contributed by atoms with Gasteiger partial charge in [0.25, 0.3) is 10.1 Å². The molecule has 4 bridgehead atoms. The largest absolute Gasteiger partial charge is 0.495 e. The van der Waals surface area contributed by atoms with E-state index < -0.39 is 122 Å². The van der Waals surface area contributed by atoms with E-state index in [9.17, 15) is 51.6 Å². The Labute approximate surface area is 426 Å². The quantitative estimate of drug-likeness (QED) is 0.0376. The zero-order chi connectivity index (χ0) is 53.0. The summed E-state index contributed by atoms with van der Waals surface area (Å²) >= 11 is 6.80. The van der Waals surface area contributed by atoms with Crippen molar-refractivity contribution in [2.45, 2.75) is 151 Å². The zero-order valence-electron chi connectivity index (χ0n) is 41.4. The van der Waals surface area contributed by atoms with Gasteiger partial charge in [0.1, 0.15) is 40.7 Å². The Morgan fingerprint density at radius 2 is 1.76 bits per heavy atom. The number of likely N-dealkylation sites (N-methyl/N-ethyl adjacent to an activating group) is 1. The molecule has 24 heteroatoms. The van der Waals surface area contributed by atoms with E-state index in [2.05, 4.69) is 5.32 Å². The molecule has 0 aromatic heterocycles. The predicted molar refractivity (Wildman–Crippen MR) is 263 cm³/mol. The lowest BCUT2D eigenvalue weighted by Crippen LogP contribution is -2.63. The van der Waals surface area contributed by atoms with Gasteiger partial charge in [-0.05, 0) is 71.6 Å². The monoisotopic (exact) mass is 1070 g/mol. The number of Topliss-reactive ketones (excluding diaryl/α,β-unsaturated/α-hetero) is 2. The van der Waals surface area contributed by atoms with Crippen LogP contribution < -0.4 is 15.0 Å². The Morgan fingerprint density at radius 3 is 2.38 bits per heavy atom. The summed E-state index contributed by atoms with van der Waals surface area (Å²) in [7, 11) is 3.34. The third kappa shape index (κ3) is 14.1. The van der Waals surface area contributed by atoms with Crippen LogP contribution in [0.4, 0.5) is 10.5 Å². The second-order valence-corrected chi connectivity index (χ2v) is 24.2. The molecule has 20 nitrogen and oxygen atoms in total. The fourth-order valence-electron chi connectivity index (χ4n) is 8.60. The molecule has 3 fully saturated rings. The van der Waals surface area contributed by atoms with E-state index in [1.807, 2.05) is 26.8 Å². The summed E-state index contributed by atoms with van der Waals surface area (Å²) < 4.78 is 67.5. The summed E-state index contributed by atoms with van der Waals surface area (Å²) in [5, 5.41) is 12.5. The van der Waals surface area contributed by atoms with Crippen molar-refractivity contribution in [1.29, 1.82) is 0 Å². The van der Waals surface area contributed by atoms with Crippen molar-refractivity contribution in [2.24, 2.45) is 5.92 Å². The van der Waals surface area contributed by atoms with Crippen LogP contribution in [0.3, 0.4) is 0 Å². The first-order chi connectivity index (χ1) is 33.0. The third-order valence-corrected chi connectivity index (χ3v) is 18.2. The number of epoxide rings is 1. The lowest BCUT2D eigenvalue weighted by atomic mass is 9.83. The van der Waals surface area contributed by atoms with Crippen LogP contribution in [0.2, 0.25) is 5.02 Å². The standard InChI is InChI=1S/C47H64ClN3O17S3/c1-25-12-11-13-35(64-10)47(59)24-33(65-44(58)49-47)26(2)41-46(6,68-41)36(23-38(55)51(8)29-21-28(20-25)22-32(63-9)39(29)48)66-42(56)27(3)50(7)37(54)16-18-45(4,5)70-69-19-17-34(71(60,61)62)43(57)67-40-30(52)14-15-31(40)53/h11-13,21-22,26-27,33-36,40-41,59H,14-20,23-24H2,1-10H3,(H,49,58)(H,60,61,62)/b13-11+,25-12+. The number of nitrogens with one attached hydrogen (secondary N) is 1. The lowest BCUT2D eigenvalue weighted by molar-refractivity contribution is -0.162. The van der Waals surface area contributed by atoms with Gasteiger partial charge in [-0.15, -0.1) is 0 Å². The Bertz CT molecular complexity index is 2400. The van der Waals surface area contributed by atoms with E-state index in [-0.39, 0.29) is 49.3 Å². The molecule has 9 atom stereocenters. The maximum Gasteiger partial charge on any atom is 0.409 e. The van der Waals surface area contributed by atoms with Crippen LogP contribution in [-0.4, -0.2) is 156 Å². The van der Waals surface area contributed by atoms with Gasteiger partial charge in [-0.1, -0.05) is 63.9 Å². The first-order valence-electron chi connectivity index (χ1n) is 22.9. The second kappa shape index (κ2) is 23.3. The van der Waals surface area contributed by atoms with Crippen molar-refractivity contribution in [3.8, 4) is 5.75 Å². The molecule has 3 amide bonds. The number of rotatable bonds is 16. The van der Waals surface area contributed by atoms with E-state index in [1.54, 1.807) is 38.1 Å². The molecule has 394 valence electrons. The number of methoxy groups -OCH3 is 2. The fourth-order valence-corrected chi connectivity index (χ4v) is 12.4. The first kappa shape index (κ1) is 57.7. The Hall–Kier alpha value is -4.23. The highest BCUT2D eigenvalue weighted by Crippen LogP contribution is 2.49. The third-order valence-electron chi connectivity index (χ3n) is 13.3. The van der Waals surface area contributed by atoms with Crippen LogP contribution >= 0.6 is 33.2 Å². The van der Waals surface area contributed by atoms with Crippen LogP contribution in [0.5, 0.6) is 5.75 Å². The van der Waals surface area contributed by atoms with Gasteiger partial charge < -0.3 is 43.3 Å². The van der Waals surface area contributed by atoms with Crippen molar-refractivity contribution < 1.29 is 80.1 Å². The lowest BCUT2D eigenvalue weighted by Gasteiger charge is -2.42.